The topological polar surface area (TPSA) is 60.0 Å². The van der Waals surface area contributed by atoms with Crippen molar-refractivity contribution in [2.75, 3.05) is 34.0 Å². The lowest BCUT2D eigenvalue weighted by Crippen LogP contribution is -2.30. The first-order chi connectivity index (χ1) is 10.1. The normalized spacial score (nSPS) is 12.5. The van der Waals surface area contributed by atoms with Gasteiger partial charge in [0.1, 0.15) is 0 Å². The van der Waals surface area contributed by atoms with Crippen molar-refractivity contribution < 1.29 is 19.3 Å². The standard InChI is InChI=1S/C16H27NO4/c1-12(2)10-21-11-14(18)9-17-8-13-5-6-15(19-3)16(7-13)20-4/h5-7,12,14,17-18H,8-11H2,1-4H3. The van der Waals surface area contributed by atoms with Gasteiger partial charge >= 0.3 is 0 Å². The molecule has 21 heavy (non-hydrogen) atoms. The van der Waals surface area contributed by atoms with Crippen LogP contribution in [0.3, 0.4) is 0 Å². The Morgan fingerprint density at radius 1 is 1.10 bits per heavy atom. The lowest BCUT2D eigenvalue weighted by Gasteiger charge is -2.14. The summed E-state index contributed by atoms with van der Waals surface area (Å²) < 4.78 is 15.9. The van der Waals surface area contributed by atoms with Crippen molar-refractivity contribution in [1.82, 2.24) is 5.32 Å². The summed E-state index contributed by atoms with van der Waals surface area (Å²) in [6.45, 7) is 6.35. The molecule has 2 N–H and O–H groups in total. The number of nitrogens with one attached hydrogen (secondary N) is 1. The maximum atomic E-state index is 9.79. The summed E-state index contributed by atoms with van der Waals surface area (Å²) in [5.41, 5.74) is 1.07. The van der Waals surface area contributed by atoms with Crippen molar-refractivity contribution in [3.8, 4) is 11.5 Å². The number of hydrogen-bond donors (Lipinski definition) is 2. The predicted molar refractivity (Wildman–Crippen MR) is 82.9 cm³/mol. The molecule has 0 aliphatic carbocycles. The van der Waals surface area contributed by atoms with Gasteiger partial charge in [-0.15, -0.1) is 0 Å². The van der Waals surface area contributed by atoms with Gasteiger partial charge in [0.25, 0.3) is 0 Å². The summed E-state index contributed by atoms with van der Waals surface area (Å²) in [6, 6.07) is 5.77. The molecule has 1 rings (SSSR count). The van der Waals surface area contributed by atoms with Crippen LogP contribution in [0.4, 0.5) is 0 Å². The molecule has 5 nitrogen and oxygen atoms in total. The Morgan fingerprint density at radius 2 is 1.81 bits per heavy atom. The van der Waals surface area contributed by atoms with E-state index in [1.807, 2.05) is 18.2 Å². The van der Waals surface area contributed by atoms with Crippen LogP contribution in [0.15, 0.2) is 18.2 Å². The molecule has 1 aromatic rings. The monoisotopic (exact) mass is 297 g/mol. The first kappa shape index (κ1) is 17.8. The molecule has 0 aromatic heterocycles. The summed E-state index contributed by atoms with van der Waals surface area (Å²) in [5.74, 6) is 1.90. The molecule has 1 atom stereocenters. The Bertz CT molecular complexity index is 409. The van der Waals surface area contributed by atoms with Gasteiger partial charge in [0.2, 0.25) is 0 Å². The van der Waals surface area contributed by atoms with E-state index in [0.29, 0.717) is 43.7 Å². The van der Waals surface area contributed by atoms with E-state index in [0.717, 1.165) is 5.56 Å². The highest BCUT2D eigenvalue weighted by atomic mass is 16.5. The van der Waals surface area contributed by atoms with Crippen molar-refractivity contribution in [2.24, 2.45) is 5.92 Å². The quantitative estimate of drug-likeness (QED) is 0.690. The third-order valence-corrected chi connectivity index (χ3v) is 2.92. The van der Waals surface area contributed by atoms with Crippen LogP contribution in [-0.2, 0) is 11.3 Å². The van der Waals surface area contributed by atoms with Crippen molar-refractivity contribution >= 4 is 0 Å². The number of rotatable bonds is 10. The summed E-state index contributed by atoms with van der Waals surface area (Å²) in [7, 11) is 3.23. The van der Waals surface area contributed by atoms with Crippen LogP contribution in [0, 0.1) is 5.92 Å². The summed E-state index contributed by atoms with van der Waals surface area (Å²) in [4.78, 5) is 0. The Labute approximate surface area is 127 Å². The fraction of sp³-hybridized carbons (Fsp3) is 0.625. The summed E-state index contributed by atoms with van der Waals surface area (Å²) in [6.07, 6.45) is -0.496. The molecule has 1 aromatic carbocycles. The molecule has 0 fully saturated rings. The van der Waals surface area contributed by atoms with Gasteiger partial charge < -0.3 is 24.6 Å². The van der Waals surface area contributed by atoms with Gasteiger partial charge in [-0.25, -0.2) is 0 Å². The maximum absolute atomic E-state index is 9.79. The zero-order valence-corrected chi connectivity index (χ0v) is 13.4. The number of ether oxygens (including phenoxy) is 3. The zero-order valence-electron chi connectivity index (χ0n) is 13.4. The predicted octanol–water partition coefficient (Wildman–Crippen LogP) is 1.83. The fourth-order valence-electron chi connectivity index (χ4n) is 1.87. The second-order valence-electron chi connectivity index (χ2n) is 5.41. The van der Waals surface area contributed by atoms with Gasteiger partial charge in [-0.1, -0.05) is 19.9 Å². The molecule has 0 aliphatic heterocycles. The molecule has 0 radical (unpaired) electrons. The van der Waals surface area contributed by atoms with E-state index in [-0.39, 0.29) is 0 Å². The van der Waals surface area contributed by atoms with Crippen molar-refractivity contribution in [3.05, 3.63) is 23.8 Å². The number of aliphatic hydroxyl groups excluding tert-OH is 1. The van der Waals surface area contributed by atoms with E-state index in [2.05, 4.69) is 19.2 Å². The van der Waals surface area contributed by atoms with E-state index in [1.54, 1.807) is 14.2 Å². The first-order valence-corrected chi connectivity index (χ1v) is 7.24. The number of methoxy groups -OCH3 is 2. The molecule has 0 heterocycles. The van der Waals surface area contributed by atoms with Crippen LogP contribution in [0.25, 0.3) is 0 Å². The highest BCUT2D eigenvalue weighted by molar-refractivity contribution is 5.42. The SMILES string of the molecule is COc1ccc(CNCC(O)COCC(C)C)cc1OC. The maximum Gasteiger partial charge on any atom is 0.161 e. The van der Waals surface area contributed by atoms with Crippen LogP contribution in [0.2, 0.25) is 0 Å². The Kier molecular flexibility index (Phi) is 8.12. The minimum atomic E-state index is -0.496. The molecule has 0 aliphatic rings. The average Bonchev–Trinajstić information content (AvgIpc) is 2.46. The van der Waals surface area contributed by atoms with Gasteiger partial charge in [-0.2, -0.15) is 0 Å². The molecule has 0 saturated carbocycles. The van der Waals surface area contributed by atoms with Crippen LogP contribution in [-0.4, -0.2) is 45.2 Å². The molecule has 1 unspecified atom stereocenters. The molecular formula is C16H27NO4. The minimum Gasteiger partial charge on any atom is -0.493 e. The zero-order chi connectivity index (χ0) is 15.7. The van der Waals surface area contributed by atoms with Gasteiger partial charge in [-0.3, -0.25) is 0 Å². The molecule has 0 amide bonds. The van der Waals surface area contributed by atoms with E-state index in [4.69, 9.17) is 14.2 Å². The van der Waals surface area contributed by atoms with E-state index >= 15 is 0 Å². The van der Waals surface area contributed by atoms with Gasteiger partial charge in [0.05, 0.1) is 26.9 Å². The smallest absolute Gasteiger partial charge is 0.161 e. The van der Waals surface area contributed by atoms with E-state index in [9.17, 15) is 5.11 Å². The molecule has 120 valence electrons. The van der Waals surface area contributed by atoms with Crippen LogP contribution in [0.1, 0.15) is 19.4 Å². The van der Waals surface area contributed by atoms with Gasteiger partial charge in [0.15, 0.2) is 11.5 Å². The highest BCUT2D eigenvalue weighted by Crippen LogP contribution is 2.27. The molecule has 0 bridgehead atoms. The van der Waals surface area contributed by atoms with Gasteiger partial charge in [-0.05, 0) is 23.6 Å². The Balaban J connectivity index is 2.32. The fourth-order valence-corrected chi connectivity index (χ4v) is 1.87. The van der Waals surface area contributed by atoms with Crippen molar-refractivity contribution in [1.29, 1.82) is 0 Å². The van der Waals surface area contributed by atoms with Crippen molar-refractivity contribution in [2.45, 2.75) is 26.5 Å². The average molecular weight is 297 g/mol. The molecular weight excluding hydrogens is 270 g/mol. The summed E-state index contributed by atoms with van der Waals surface area (Å²) >= 11 is 0. The van der Waals surface area contributed by atoms with Crippen LogP contribution < -0.4 is 14.8 Å². The van der Waals surface area contributed by atoms with Gasteiger partial charge in [0, 0.05) is 19.7 Å². The number of aliphatic hydroxyl groups is 1. The third-order valence-electron chi connectivity index (χ3n) is 2.92. The second-order valence-corrected chi connectivity index (χ2v) is 5.41. The first-order valence-electron chi connectivity index (χ1n) is 7.24. The van der Waals surface area contributed by atoms with Crippen LogP contribution in [0.5, 0.6) is 11.5 Å². The van der Waals surface area contributed by atoms with Crippen LogP contribution >= 0.6 is 0 Å². The molecule has 0 saturated heterocycles. The Morgan fingerprint density at radius 3 is 2.43 bits per heavy atom. The Hall–Kier alpha value is -1.30. The van der Waals surface area contributed by atoms with E-state index < -0.39 is 6.10 Å². The highest BCUT2D eigenvalue weighted by Gasteiger charge is 2.07. The molecule has 0 spiro atoms. The molecule has 5 heteroatoms. The largest absolute Gasteiger partial charge is 0.493 e. The third kappa shape index (κ3) is 6.80. The second kappa shape index (κ2) is 9.60. The van der Waals surface area contributed by atoms with E-state index in [1.165, 1.54) is 0 Å². The lowest BCUT2D eigenvalue weighted by atomic mass is 10.2. The lowest BCUT2D eigenvalue weighted by molar-refractivity contribution is 0.0260. The number of hydrogen-bond acceptors (Lipinski definition) is 5. The number of benzene rings is 1. The van der Waals surface area contributed by atoms with Crippen molar-refractivity contribution in [3.63, 3.8) is 0 Å². The summed E-state index contributed by atoms with van der Waals surface area (Å²) in [5, 5.41) is 13.0. The minimum absolute atomic E-state index is 0.358.